The van der Waals surface area contributed by atoms with Crippen LogP contribution in [-0.2, 0) is 9.53 Å². The lowest BCUT2D eigenvalue weighted by molar-refractivity contribution is -0.142. The van der Waals surface area contributed by atoms with E-state index in [9.17, 15) is 13.6 Å². The van der Waals surface area contributed by atoms with E-state index in [0.717, 1.165) is 18.6 Å². The van der Waals surface area contributed by atoms with Gasteiger partial charge in [0.05, 0.1) is 24.1 Å². The van der Waals surface area contributed by atoms with Gasteiger partial charge < -0.3 is 4.74 Å². The van der Waals surface area contributed by atoms with Gasteiger partial charge in [-0.1, -0.05) is 61.0 Å². The molecule has 1 heterocycles. The van der Waals surface area contributed by atoms with Crippen molar-refractivity contribution >= 4 is 5.97 Å². The van der Waals surface area contributed by atoms with Crippen LogP contribution in [0.5, 0.6) is 0 Å². The van der Waals surface area contributed by atoms with Crippen LogP contribution in [0.2, 0.25) is 0 Å². The summed E-state index contributed by atoms with van der Waals surface area (Å²) in [5, 5.41) is 7.95. The van der Waals surface area contributed by atoms with E-state index in [1.807, 2.05) is 48.5 Å². The molecule has 164 valence electrons. The molecular formula is C23H36F2N2O2. The normalized spacial score (nSPS) is 10.2. The minimum absolute atomic E-state index is 0.0990. The van der Waals surface area contributed by atoms with Crippen LogP contribution < -0.4 is 0 Å². The number of aryl methyl sites for hydroxylation is 1. The van der Waals surface area contributed by atoms with Crippen molar-refractivity contribution in [3.05, 3.63) is 47.2 Å². The summed E-state index contributed by atoms with van der Waals surface area (Å²) in [6.45, 7) is 15.7. The van der Waals surface area contributed by atoms with Crippen molar-refractivity contribution in [2.45, 2.75) is 74.1 Å². The molecule has 1 unspecified atom stereocenters. The molecule has 1 aromatic carbocycles. The van der Waals surface area contributed by atoms with Crippen LogP contribution in [0.3, 0.4) is 0 Å². The molecule has 2 aromatic rings. The van der Waals surface area contributed by atoms with Gasteiger partial charge in [0.2, 0.25) is 0 Å². The molecule has 0 aliphatic carbocycles. The van der Waals surface area contributed by atoms with Crippen molar-refractivity contribution in [1.82, 2.24) is 10.2 Å². The van der Waals surface area contributed by atoms with Crippen LogP contribution in [0.1, 0.15) is 78.5 Å². The van der Waals surface area contributed by atoms with Gasteiger partial charge in [-0.15, -0.1) is 5.10 Å². The Morgan fingerprint density at radius 2 is 1.55 bits per heavy atom. The monoisotopic (exact) mass is 410 g/mol. The number of benzene rings is 1. The zero-order chi connectivity index (χ0) is 23.0. The Hall–Kier alpha value is -2.37. The highest BCUT2D eigenvalue weighted by molar-refractivity contribution is 5.78. The van der Waals surface area contributed by atoms with Crippen molar-refractivity contribution in [2.75, 3.05) is 7.11 Å². The van der Waals surface area contributed by atoms with Gasteiger partial charge in [0, 0.05) is 0 Å². The molecule has 0 bridgehead atoms. The number of halogens is 2. The van der Waals surface area contributed by atoms with Crippen LogP contribution in [0, 0.1) is 18.6 Å². The van der Waals surface area contributed by atoms with Gasteiger partial charge in [0.25, 0.3) is 0 Å². The number of hydrogen-bond donors (Lipinski definition) is 0. The summed E-state index contributed by atoms with van der Waals surface area (Å²) in [6.07, 6.45) is 1.33. The zero-order valence-electron chi connectivity index (χ0n) is 19.3. The number of nitrogens with zero attached hydrogens (tertiary/aromatic N) is 2. The number of esters is 1. The summed E-state index contributed by atoms with van der Waals surface area (Å²) in [7, 11) is 1.32. The summed E-state index contributed by atoms with van der Waals surface area (Å²) < 4.78 is 32.5. The fourth-order valence-electron chi connectivity index (χ4n) is 2.50. The summed E-state index contributed by atoms with van der Waals surface area (Å²) >= 11 is 0. The number of aromatic nitrogens is 2. The average molecular weight is 411 g/mol. The molecule has 0 N–H and O–H groups in total. The van der Waals surface area contributed by atoms with Crippen molar-refractivity contribution in [2.24, 2.45) is 0 Å². The molecule has 29 heavy (non-hydrogen) atoms. The van der Waals surface area contributed by atoms with Crippen LogP contribution in [0.25, 0.3) is 11.3 Å². The number of carbonyl (C=O) groups excluding carboxylic acids is 1. The Bertz CT molecular complexity index is 702. The van der Waals surface area contributed by atoms with Gasteiger partial charge in [-0.2, -0.15) is 5.10 Å². The van der Waals surface area contributed by atoms with Crippen LogP contribution >= 0.6 is 0 Å². The van der Waals surface area contributed by atoms with Crippen LogP contribution in [-0.4, -0.2) is 23.3 Å². The Morgan fingerprint density at radius 1 is 1.03 bits per heavy atom. The van der Waals surface area contributed by atoms with Crippen molar-refractivity contribution in [3.8, 4) is 11.3 Å². The smallest absolute Gasteiger partial charge is 0.314 e. The number of ether oxygens (including phenoxy) is 1. The second kappa shape index (κ2) is 16.6. The topological polar surface area (TPSA) is 52.1 Å². The number of rotatable bonds is 5. The molecule has 0 radical (unpaired) electrons. The first kappa shape index (κ1) is 28.8. The Kier molecular flexibility index (Phi) is 16.5. The molecule has 0 saturated heterocycles. The highest BCUT2D eigenvalue weighted by Gasteiger charge is 2.25. The molecule has 0 aliphatic heterocycles. The van der Waals surface area contributed by atoms with E-state index >= 15 is 0 Å². The van der Waals surface area contributed by atoms with Gasteiger partial charge in [-0.25, -0.2) is 8.78 Å². The van der Waals surface area contributed by atoms with E-state index < -0.39 is 23.5 Å². The standard InChI is InChI=1S/C17H18F2N2O2.3C2H6/c1-4-6-11(17(22)23-3)16-10(2)9-14(20-21-16)15-12(18)7-5-8-13(15)19;3*1-2/h5,7-9,11H,4,6H2,1-3H3;3*1-2H3. The Balaban J connectivity index is 0. The second-order valence-corrected chi connectivity index (χ2v) is 5.26. The minimum atomic E-state index is -0.704. The summed E-state index contributed by atoms with van der Waals surface area (Å²) in [5.41, 5.74) is 0.988. The highest BCUT2D eigenvalue weighted by atomic mass is 19.1. The van der Waals surface area contributed by atoms with E-state index in [-0.39, 0.29) is 11.3 Å². The maximum Gasteiger partial charge on any atom is 0.314 e. The summed E-state index contributed by atoms with van der Waals surface area (Å²) in [6, 6.07) is 5.15. The predicted molar refractivity (Wildman–Crippen MR) is 116 cm³/mol. The Morgan fingerprint density at radius 3 is 1.97 bits per heavy atom. The highest BCUT2D eigenvalue weighted by Crippen LogP contribution is 2.28. The summed E-state index contributed by atoms with van der Waals surface area (Å²) in [4.78, 5) is 11.9. The quantitative estimate of drug-likeness (QED) is 0.505. The van der Waals surface area contributed by atoms with Crippen LogP contribution in [0.4, 0.5) is 8.78 Å². The molecule has 1 aromatic heterocycles. The SMILES string of the molecule is CC.CC.CC.CCCC(C(=O)OC)c1nnc(-c2c(F)cccc2F)cc1C. The van der Waals surface area contributed by atoms with E-state index in [1.165, 1.54) is 19.2 Å². The molecule has 1 atom stereocenters. The Labute approximate surface area is 174 Å². The lowest BCUT2D eigenvalue weighted by Gasteiger charge is -2.15. The van der Waals surface area contributed by atoms with Gasteiger partial charge in [-0.05, 0) is 37.1 Å². The number of carbonyl (C=O) groups is 1. The van der Waals surface area contributed by atoms with Crippen molar-refractivity contribution < 1.29 is 18.3 Å². The molecule has 2 rings (SSSR count). The maximum absolute atomic E-state index is 13.8. The summed E-state index contributed by atoms with van der Waals surface area (Å²) in [5.74, 6) is -2.33. The fraction of sp³-hybridized carbons (Fsp3) is 0.522. The molecule has 0 amide bonds. The maximum atomic E-state index is 13.8. The average Bonchev–Trinajstić information content (AvgIpc) is 2.76. The van der Waals surface area contributed by atoms with E-state index in [2.05, 4.69) is 10.2 Å². The molecular weight excluding hydrogens is 374 g/mol. The first-order valence-electron chi connectivity index (χ1n) is 10.4. The van der Waals surface area contributed by atoms with Gasteiger partial charge >= 0.3 is 5.97 Å². The third kappa shape index (κ3) is 8.26. The predicted octanol–water partition coefficient (Wildman–Crippen LogP) is 6.87. The van der Waals surface area contributed by atoms with Gasteiger partial charge in [0.15, 0.2) is 0 Å². The van der Waals surface area contributed by atoms with Crippen molar-refractivity contribution in [3.63, 3.8) is 0 Å². The van der Waals surface area contributed by atoms with Crippen molar-refractivity contribution in [1.29, 1.82) is 0 Å². The first-order valence-corrected chi connectivity index (χ1v) is 10.4. The second-order valence-electron chi connectivity index (χ2n) is 5.26. The molecule has 0 spiro atoms. The minimum Gasteiger partial charge on any atom is -0.469 e. The number of methoxy groups -OCH3 is 1. The van der Waals surface area contributed by atoms with E-state index in [1.54, 1.807) is 6.92 Å². The third-order valence-corrected chi connectivity index (χ3v) is 3.63. The van der Waals surface area contributed by atoms with Gasteiger partial charge in [0.1, 0.15) is 17.6 Å². The van der Waals surface area contributed by atoms with Gasteiger partial charge in [-0.3, -0.25) is 4.79 Å². The zero-order valence-corrected chi connectivity index (χ0v) is 19.3. The molecule has 0 aliphatic rings. The van der Waals surface area contributed by atoms with E-state index in [4.69, 9.17) is 4.74 Å². The first-order chi connectivity index (χ1) is 14.0. The molecule has 0 saturated carbocycles. The molecule has 4 nitrogen and oxygen atoms in total. The number of hydrogen-bond acceptors (Lipinski definition) is 4. The lowest BCUT2D eigenvalue weighted by Crippen LogP contribution is -2.17. The molecule has 6 heteroatoms. The van der Waals surface area contributed by atoms with E-state index in [0.29, 0.717) is 17.7 Å². The lowest BCUT2D eigenvalue weighted by atomic mass is 9.95. The van der Waals surface area contributed by atoms with Crippen LogP contribution in [0.15, 0.2) is 24.3 Å². The fourth-order valence-corrected chi connectivity index (χ4v) is 2.50. The molecule has 0 fully saturated rings. The third-order valence-electron chi connectivity index (χ3n) is 3.63. The largest absolute Gasteiger partial charge is 0.469 e.